The molecule has 0 spiro atoms. The van der Waals surface area contributed by atoms with Crippen molar-refractivity contribution >= 4 is 5.91 Å². The van der Waals surface area contributed by atoms with Gasteiger partial charge in [-0.15, -0.1) is 0 Å². The van der Waals surface area contributed by atoms with Crippen LogP contribution in [0.15, 0.2) is 11.0 Å². The van der Waals surface area contributed by atoms with Gasteiger partial charge in [0.2, 0.25) is 5.91 Å². The van der Waals surface area contributed by atoms with Crippen molar-refractivity contribution in [3.63, 3.8) is 0 Å². The largest absolute Gasteiger partial charge is 0.345 e. The Bertz CT molecular complexity index is 855. The molecule has 2 aromatic heterocycles. The second kappa shape index (κ2) is 6.74. The van der Waals surface area contributed by atoms with E-state index in [1.54, 1.807) is 11.6 Å². The first-order chi connectivity index (χ1) is 12.6. The Morgan fingerprint density at radius 2 is 2.08 bits per heavy atom. The zero-order valence-corrected chi connectivity index (χ0v) is 15.4. The standard InChI is InChI=1S/C18H26N6O2/c1-3-12-10-19-20-16(12)13-6-8-23(9-7-13)17(25)14-4-5-15-21-22(2)18(26)24(15)11-14/h10,13-14H,3-9,11H2,1-2H3,(H,19,20)/t14-/m0/s1. The van der Waals surface area contributed by atoms with Crippen LogP contribution in [0.25, 0.3) is 0 Å². The van der Waals surface area contributed by atoms with Crippen molar-refractivity contribution < 1.29 is 4.79 Å². The van der Waals surface area contributed by atoms with E-state index >= 15 is 0 Å². The Morgan fingerprint density at radius 1 is 1.31 bits per heavy atom. The summed E-state index contributed by atoms with van der Waals surface area (Å²) in [5.41, 5.74) is 2.40. The molecule has 0 bridgehead atoms. The number of piperidine rings is 1. The van der Waals surface area contributed by atoms with Crippen LogP contribution in [-0.4, -0.2) is 48.4 Å². The summed E-state index contributed by atoms with van der Waals surface area (Å²) in [6.45, 7) is 4.15. The summed E-state index contributed by atoms with van der Waals surface area (Å²) >= 11 is 0. The lowest BCUT2D eigenvalue weighted by Gasteiger charge is -2.35. The Morgan fingerprint density at radius 3 is 2.81 bits per heavy atom. The molecule has 2 aliphatic heterocycles. The highest BCUT2D eigenvalue weighted by molar-refractivity contribution is 5.79. The predicted molar refractivity (Wildman–Crippen MR) is 95.8 cm³/mol. The van der Waals surface area contributed by atoms with Crippen LogP contribution in [0.1, 0.15) is 49.2 Å². The van der Waals surface area contributed by atoms with Crippen LogP contribution in [0.3, 0.4) is 0 Å². The molecule has 8 nitrogen and oxygen atoms in total. The van der Waals surface area contributed by atoms with Crippen LogP contribution in [-0.2, 0) is 31.2 Å². The Balaban J connectivity index is 1.40. The summed E-state index contributed by atoms with van der Waals surface area (Å²) in [5, 5.41) is 11.6. The van der Waals surface area contributed by atoms with Crippen molar-refractivity contribution in [3.05, 3.63) is 33.8 Å². The molecule has 140 valence electrons. The fraction of sp³-hybridized carbons (Fsp3) is 0.667. The lowest BCUT2D eigenvalue weighted by Crippen LogP contribution is -2.44. The summed E-state index contributed by atoms with van der Waals surface area (Å²) in [7, 11) is 1.66. The Hall–Kier alpha value is -2.38. The topological polar surface area (TPSA) is 88.8 Å². The highest BCUT2D eigenvalue weighted by Crippen LogP contribution is 2.30. The second-order valence-corrected chi connectivity index (χ2v) is 7.43. The van der Waals surface area contributed by atoms with Crippen LogP contribution in [0.5, 0.6) is 0 Å². The maximum Gasteiger partial charge on any atom is 0.345 e. The summed E-state index contributed by atoms with van der Waals surface area (Å²) in [5.74, 6) is 1.33. The number of aromatic nitrogens is 5. The van der Waals surface area contributed by atoms with Gasteiger partial charge < -0.3 is 4.90 Å². The van der Waals surface area contributed by atoms with Gasteiger partial charge in [0, 0.05) is 44.7 Å². The number of carbonyl (C=O) groups is 1. The molecule has 0 radical (unpaired) electrons. The van der Waals surface area contributed by atoms with E-state index in [1.807, 2.05) is 11.1 Å². The minimum atomic E-state index is -0.123. The number of H-pyrrole nitrogens is 1. The number of fused-ring (bicyclic) bond motifs is 1. The molecule has 1 N–H and O–H groups in total. The Labute approximate surface area is 152 Å². The smallest absolute Gasteiger partial charge is 0.342 e. The lowest BCUT2D eigenvalue weighted by atomic mass is 9.89. The van der Waals surface area contributed by atoms with Crippen molar-refractivity contribution in [3.8, 4) is 0 Å². The van der Waals surface area contributed by atoms with Gasteiger partial charge in [0.25, 0.3) is 0 Å². The van der Waals surface area contributed by atoms with Gasteiger partial charge in [-0.05, 0) is 31.2 Å². The summed E-state index contributed by atoms with van der Waals surface area (Å²) < 4.78 is 3.03. The molecule has 4 rings (SSSR count). The van der Waals surface area contributed by atoms with Gasteiger partial charge in [0.05, 0.1) is 12.1 Å². The monoisotopic (exact) mass is 358 g/mol. The summed E-state index contributed by atoms with van der Waals surface area (Å²) in [6.07, 6.45) is 6.29. The number of likely N-dealkylation sites (tertiary alicyclic amines) is 1. The molecule has 0 saturated carbocycles. The molecule has 1 saturated heterocycles. The van der Waals surface area contributed by atoms with Crippen LogP contribution in [0, 0.1) is 5.92 Å². The first kappa shape index (κ1) is 17.1. The lowest BCUT2D eigenvalue weighted by molar-refractivity contribution is -0.137. The molecule has 26 heavy (non-hydrogen) atoms. The van der Waals surface area contributed by atoms with Crippen molar-refractivity contribution in [2.75, 3.05) is 13.1 Å². The number of nitrogens with zero attached hydrogens (tertiary/aromatic N) is 5. The van der Waals surface area contributed by atoms with Gasteiger partial charge in [-0.1, -0.05) is 6.92 Å². The van der Waals surface area contributed by atoms with E-state index in [1.165, 1.54) is 15.9 Å². The van der Waals surface area contributed by atoms with Crippen LogP contribution in [0.4, 0.5) is 0 Å². The molecule has 4 heterocycles. The minimum absolute atomic E-state index is 0.112. The van der Waals surface area contributed by atoms with Gasteiger partial charge >= 0.3 is 5.69 Å². The maximum atomic E-state index is 13.0. The molecule has 0 aliphatic carbocycles. The van der Waals surface area contributed by atoms with E-state index in [4.69, 9.17) is 0 Å². The third kappa shape index (κ3) is 2.87. The van der Waals surface area contributed by atoms with Gasteiger partial charge in [-0.3, -0.25) is 14.5 Å². The summed E-state index contributed by atoms with van der Waals surface area (Å²) in [6, 6.07) is 0. The number of hydrogen-bond donors (Lipinski definition) is 1. The van der Waals surface area contributed by atoms with E-state index < -0.39 is 0 Å². The second-order valence-electron chi connectivity index (χ2n) is 7.43. The predicted octanol–water partition coefficient (Wildman–Crippen LogP) is 0.836. The molecule has 2 aliphatic rings. The van der Waals surface area contributed by atoms with Gasteiger partial charge in [0.1, 0.15) is 5.82 Å². The van der Waals surface area contributed by atoms with Crippen molar-refractivity contribution in [2.45, 2.75) is 51.5 Å². The maximum absolute atomic E-state index is 13.0. The summed E-state index contributed by atoms with van der Waals surface area (Å²) in [4.78, 5) is 27.1. The number of aromatic amines is 1. The van der Waals surface area contributed by atoms with Crippen molar-refractivity contribution in [2.24, 2.45) is 13.0 Å². The third-order valence-corrected chi connectivity index (χ3v) is 5.90. The van der Waals surface area contributed by atoms with Gasteiger partial charge in [-0.2, -0.15) is 10.2 Å². The SMILES string of the molecule is CCc1cn[nH]c1C1CCN(C(=O)[C@H]2CCc3nn(C)c(=O)n3C2)CC1. The van der Waals surface area contributed by atoms with E-state index in [0.717, 1.165) is 44.6 Å². The fourth-order valence-electron chi connectivity index (χ4n) is 4.34. The molecule has 1 fully saturated rings. The van der Waals surface area contributed by atoms with Crippen LogP contribution < -0.4 is 5.69 Å². The van der Waals surface area contributed by atoms with Crippen molar-refractivity contribution in [1.82, 2.24) is 29.4 Å². The molecule has 0 aromatic carbocycles. The quantitative estimate of drug-likeness (QED) is 0.880. The first-order valence-electron chi connectivity index (χ1n) is 9.52. The van der Waals surface area contributed by atoms with E-state index in [-0.39, 0.29) is 17.5 Å². The zero-order valence-electron chi connectivity index (χ0n) is 15.4. The number of carbonyl (C=O) groups excluding carboxylic acids is 1. The highest BCUT2D eigenvalue weighted by atomic mass is 16.2. The normalized spacial score (nSPS) is 21.0. The van der Waals surface area contributed by atoms with E-state index in [2.05, 4.69) is 22.2 Å². The number of aryl methyl sites for hydroxylation is 3. The highest BCUT2D eigenvalue weighted by Gasteiger charge is 2.33. The average Bonchev–Trinajstić information content (AvgIpc) is 3.26. The van der Waals surface area contributed by atoms with Crippen LogP contribution in [0.2, 0.25) is 0 Å². The van der Waals surface area contributed by atoms with Crippen molar-refractivity contribution in [1.29, 1.82) is 0 Å². The van der Waals surface area contributed by atoms with Crippen LogP contribution >= 0.6 is 0 Å². The molecular weight excluding hydrogens is 332 g/mol. The van der Waals surface area contributed by atoms with E-state index in [0.29, 0.717) is 18.9 Å². The van der Waals surface area contributed by atoms with Gasteiger partial charge in [0.15, 0.2) is 0 Å². The van der Waals surface area contributed by atoms with Gasteiger partial charge in [-0.25, -0.2) is 9.48 Å². The molecule has 1 amide bonds. The molecule has 1 atom stereocenters. The molecular formula is C18H26N6O2. The zero-order chi connectivity index (χ0) is 18.3. The molecule has 0 unspecified atom stereocenters. The fourth-order valence-corrected chi connectivity index (χ4v) is 4.34. The minimum Gasteiger partial charge on any atom is -0.342 e. The first-order valence-corrected chi connectivity index (χ1v) is 9.52. The average molecular weight is 358 g/mol. The molecule has 2 aromatic rings. The molecule has 8 heteroatoms. The number of nitrogens with one attached hydrogen (secondary N) is 1. The number of rotatable bonds is 3. The number of hydrogen-bond acceptors (Lipinski definition) is 4. The Kier molecular flexibility index (Phi) is 4.42. The third-order valence-electron chi connectivity index (χ3n) is 5.90. The number of amides is 1. The van der Waals surface area contributed by atoms with E-state index in [9.17, 15) is 9.59 Å².